The summed E-state index contributed by atoms with van der Waals surface area (Å²) in [6.07, 6.45) is -0.633. The molecule has 0 spiro atoms. The maximum Gasteiger partial charge on any atom is 0.334 e. The number of rotatable bonds is 6. The second-order valence-electron chi connectivity index (χ2n) is 2.95. The molecule has 0 radical (unpaired) electrons. The first-order valence-corrected chi connectivity index (χ1v) is 5.48. The topological polar surface area (TPSA) is 82.1 Å². The van der Waals surface area contributed by atoms with Gasteiger partial charge in [-0.3, -0.25) is 4.79 Å². The number of aliphatic hydroxyl groups excluding tert-OH is 1. The predicted molar refractivity (Wildman–Crippen MR) is 61.4 cm³/mol. The summed E-state index contributed by atoms with van der Waals surface area (Å²) in [5.74, 6) is -0.782. The highest BCUT2D eigenvalue weighted by Gasteiger charge is 2.05. The Morgan fingerprint density at radius 1 is 1.24 bits per heavy atom. The lowest BCUT2D eigenvalue weighted by atomic mass is 10.4. The predicted octanol–water partition coefficient (Wildman–Crippen LogP) is 0.516. The standard InChI is InChI=1S/C7H14O3.C4H8O3/c1-3-9-6-5-7(8)10-4-2;1-3(5)4(6)7-2/h3-6H2,1-2H3;3,5H,1-2H3. The van der Waals surface area contributed by atoms with Crippen molar-refractivity contribution in [1.29, 1.82) is 0 Å². The van der Waals surface area contributed by atoms with E-state index in [-0.39, 0.29) is 5.97 Å². The van der Waals surface area contributed by atoms with Crippen molar-refractivity contribution in [1.82, 2.24) is 0 Å². The summed E-state index contributed by atoms with van der Waals surface area (Å²) in [6.45, 7) is 6.61. The molecule has 6 heteroatoms. The largest absolute Gasteiger partial charge is 0.467 e. The lowest BCUT2D eigenvalue weighted by Crippen LogP contribution is -2.16. The van der Waals surface area contributed by atoms with Crippen molar-refractivity contribution in [3.05, 3.63) is 0 Å². The minimum Gasteiger partial charge on any atom is -0.467 e. The molecule has 0 aromatic heterocycles. The Balaban J connectivity index is 0. The number of methoxy groups -OCH3 is 1. The zero-order valence-electron chi connectivity index (χ0n) is 10.9. The van der Waals surface area contributed by atoms with Crippen molar-refractivity contribution >= 4 is 11.9 Å². The molecule has 0 saturated carbocycles. The average molecular weight is 250 g/mol. The number of carbonyl (C=O) groups is 2. The van der Waals surface area contributed by atoms with Crippen molar-refractivity contribution in [2.45, 2.75) is 33.3 Å². The summed E-state index contributed by atoms with van der Waals surface area (Å²) < 4.78 is 13.7. The Kier molecular flexibility index (Phi) is 13.9. The molecule has 0 bridgehead atoms. The minimum absolute atomic E-state index is 0.184. The Morgan fingerprint density at radius 3 is 2.12 bits per heavy atom. The van der Waals surface area contributed by atoms with Crippen LogP contribution in [0.3, 0.4) is 0 Å². The fraction of sp³-hybridized carbons (Fsp3) is 0.818. The van der Waals surface area contributed by atoms with E-state index in [2.05, 4.69) is 9.47 Å². The highest BCUT2D eigenvalue weighted by atomic mass is 16.5. The smallest absolute Gasteiger partial charge is 0.334 e. The summed E-state index contributed by atoms with van der Waals surface area (Å²) in [7, 11) is 1.23. The number of ether oxygens (including phenoxy) is 3. The molecule has 0 fully saturated rings. The van der Waals surface area contributed by atoms with Crippen molar-refractivity contribution in [2.75, 3.05) is 26.9 Å². The van der Waals surface area contributed by atoms with Crippen LogP contribution in [0.15, 0.2) is 0 Å². The lowest BCUT2D eigenvalue weighted by Gasteiger charge is -2.00. The third kappa shape index (κ3) is 14.9. The molecule has 0 rings (SSSR count). The number of hydrogen-bond acceptors (Lipinski definition) is 6. The van der Waals surface area contributed by atoms with Gasteiger partial charge in [0.15, 0.2) is 0 Å². The van der Waals surface area contributed by atoms with Crippen molar-refractivity contribution < 1.29 is 28.9 Å². The van der Waals surface area contributed by atoms with Gasteiger partial charge in [-0.15, -0.1) is 0 Å². The molecule has 6 nitrogen and oxygen atoms in total. The molecule has 0 aliphatic rings. The first-order valence-electron chi connectivity index (χ1n) is 5.48. The van der Waals surface area contributed by atoms with Gasteiger partial charge < -0.3 is 19.3 Å². The maximum absolute atomic E-state index is 10.6. The Labute approximate surface area is 102 Å². The number of esters is 2. The van der Waals surface area contributed by atoms with Gasteiger partial charge in [-0.2, -0.15) is 0 Å². The maximum atomic E-state index is 10.6. The zero-order valence-corrected chi connectivity index (χ0v) is 10.9. The van der Waals surface area contributed by atoms with E-state index >= 15 is 0 Å². The summed E-state index contributed by atoms with van der Waals surface area (Å²) in [5, 5.41) is 8.35. The molecule has 1 N–H and O–H groups in total. The van der Waals surface area contributed by atoms with Crippen molar-refractivity contribution in [3.63, 3.8) is 0 Å². The molecular weight excluding hydrogens is 228 g/mol. The van der Waals surface area contributed by atoms with Gasteiger partial charge in [0.25, 0.3) is 0 Å². The summed E-state index contributed by atoms with van der Waals surface area (Å²) >= 11 is 0. The van der Waals surface area contributed by atoms with Crippen LogP contribution >= 0.6 is 0 Å². The molecule has 0 aliphatic carbocycles. The molecule has 0 saturated heterocycles. The van der Waals surface area contributed by atoms with Gasteiger partial charge in [-0.1, -0.05) is 0 Å². The normalized spacial score (nSPS) is 10.9. The van der Waals surface area contributed by atoms with Crippen molar-refractivity contribution in [2.24, 2.45) is 0 Å². The van der Waals surface area contributed by atoms with E-state index in [4.69, 9.17) is 9.84 Å². The van der Waals surface area contributed by atoms with Crippen LogP contribution in [0.5, 0.6) is 0 Å². The van der Waals surface area contributed by atoms with Crippen LogP contribution < -0.4 is 0 Å². The summed E-state index contributed by atoms with van der Waals surface area (Å²) in [4.78, 5) is 20.7. The van der Waals surface area contributed by atoms with E-state index < -0.39 is 12.1 Å². The zero-order chi connectivity index (χ0) is 13.7. The second-order valence-corrected chi connectivity index (χ2v) is 2.95. The van der Waals surface area contributed by atoms with Crippen LogP contribution in [0.25, 0.3) is 0 Å². The lowest BCUT2D eigenvalue weighted by molar-refractivity contribution is -0.149. The first-order chi connectivity index (χ1) is 7.99. The quantitative estimate of drug-likeness (QED) is 0.546. The Bertz CT molecular complexity index is 202. The van der Waals surface area contributed by atoms with Crippen LogP contribution in [0.4, 0.5) is 0 Å². The Hall–Kier alpha value is -1.14. The fourth-order valence-corrected chi connectivity index (χ4v) is 0.704. The molecule has 0 amide bonds. The Morgan fingerprint density at radius 2 is 1.82 bits per heavy atom. The van der Waals surface area contributed by atoms with Gasteiger partial charge in [-0.05, 0) is 20.8 Å². The van der Waals surface area contributed by atoms with E-state index in [9.17, 15) is 9.59 Å². The van der Waals surface area contributed by atoms with Crippen LogP contribution in [0.2, 0.25) is 0 Å². The molecule has 17 heavy (non-hydrogen) atoms. The average Bonchev–Trinajstić information content (AvgIpc) is 2.29. The molecule has 0 aromatic rings. The molecule has 0 aromatic carbocycles. The van der Waals surface area contributed by atoms with Gasteiger partial charge in [-0.25, -0.2) is 4.79 Å². The first kappa shape index (κ1) is 18.2. The van der Waals surface area contributed by atoms with E-state index in [1.807, 2.05) is 6.92 Å². The minimum atomic E-state index is -0.995. The molecular formula is C11H22O6. The van der Waals surface area contributed by atoms with E-state index in [0.717, 1.165) is 0 Å². The third-order valence-electron chi connectivity index (χ3n) is 1.50. The highest BCUT2D eigenvalue weighted by Crippen LogP contribution is 1.86. The van der Waals surface area contributed by atoms with Gasteiger partial charge in [0, 0.05) is 6.61 Å². The monoisotopic (exact) mass is 250 g/mol. The number of carbonyl (C=O) groups excluding carboxylic acids is 2. The third-order valence-corrected chi connectivity index (χ3v) is 1.50. The van der Waals surface area contributed by atoms with E-state index in [1.54, 1.807) is 6.92 Å². The molecule has 1 atom stereocenters. The van der Waals surface area contributed by atoms with Crippen LogP contribution in [-0.4, -0.2) is 50.1 Å². The molecule has 102 valence electrons. The van der Waals surface area contributed by atoms with Gasteiger partial charge in [0.1, 0.15) is 6.10 Å². The fourth-order valence-electron chi connectivity index (χ4n) is 0.704. The van der Waals surface area contributed by atoms with E-state index in [1.165, 1.54) is 14.0 Å². The SMILES string of the molecule is CCOCCC(=O)OCC.COC(=O)C(C)O. The van der Waals surface area contributed by atoms with E-state index in [0.29, 0.717) is 26.2 Å². The van der Waals surface area contributed by atoms with Crippen molar-refractivity contribution in [3.8, 4) is 0 Å². The second kappa shape index (κ2) is 12.9. The molecule has 0 heterocycles. The summed E-state index contributed by atoms with van der Waals surface area (Å²) in [6, 6.07) is 0. The number of hydrogen-bond donors (Lipinski definition) is 1. The van der Waals surface area contributed by atoms with Crippen LogP contribution in [0, 0.1) is 0 Å². The summed E-state index contributed by atoms with van der Waals surface area (Å²) in [5.41, 5.74) is 0. The molecule has 0 aliphatic heterocycles. The van der Waals surface area contributed by atoms with Gasteiger partial charge in [0.2, 0.25) is 0 Å². The van der Waals surface area contributed by atoms with Gasteiger partial charge in [0.05, 0.1) is 26.7 Å². The molecule has 1 unspecified atom stereocenters. The van der Waals surface area contributed by atoms with Crippen LogP contribution in [0.1, 0.15) is 27.2 Å². The van der Waals surface area contributed by atoms with Crippen LogP contribution in [-0.2, 0) is 23.8 Å². The number of aliphatic hydroxyl groups is 1. The highest BCUT2D eigenvalue weighted by molar-refractivity contribution is 5.73. The van der Waals surface area contributed by atoms with Gasteiger partial charge >= 0.3 is 11.9 Å².